The Balaban J connectivity index is 2.77. The summed E-state index contributed by atoms with van der Waals surface area (Å²) in [5, 5.41) is 9.75. The summed E-state index contributed by atoms with van der Waals surface area (Å²) in [4.78, 5) is 0. The maximum absolute atomic E-state index is 9.46. The van der Waals surface area contributed by atoms with E-state index in [1.807, 2.05) is 12.1 Å². The van der Waals surface area contributed by atoms with E-state index in [-0.39, 0.29) is 10.6 Å². The van der Waals surface area contributed by atoms with Gasteiger partial charge in [-0.2, -0.15) is 0 Å². The van der Waals surface area contributed by atoms with Crippen molar-refractivity contribution in [2.24, 2.45) is 0 Å². The van der Waals surface area contributed by atoms with E-state index in [0.717, 1.165) is 5.56 Å². The van der Waals surface area contributed by atoms with Crippen LogP contribution in [0.15, 0.2) is 24.3 Å². The number of phenols is 1. The number of hydrogen-bond acceptors (Lipinski definition) is 2. The number of rotatable bonds is 3. The number of benzene rings is 1. The van der Waals surface area contributed by atoms with Gasteiger partial charge in [0, 0.05) is 0 Å². The molecule has 0 saturated carbocycles. The highest BCUT2D eigenvalue weighted by Crippen LogP contribution is 2.30. The van der Waals surface area contributed by atoms with Gasteiger partial charge in [-0.3, -0.25) is 0 Å². The molecule has 0 heterocycles. The van der Waals surface area contributed by atoms with Crippen LogP contribution in [0.3, 0.4) is 0 Å². The van der Waals surface area contributed by atoms with Crippen LogP contribution in [0.4, 0.5) is 0 Å². The first-order chi connectivity index (χ1) is 7.21. The molecule has 0 unspecified atom stereocenters. The molecule has 1 rings (SSSR count). The molecule has 0 radical (unpaired) electrons. The third-order valence-electron chi connectivity index (χ3n) is 2.41. The van der Waals surface area contributed by atoms with Crippen LogP contribution in [0.25, 0.3) is 0 Å². The Kier molecular flexibility index (Phi) is 3.81. The van der Waals surface area contributed by atoms with Crippen molar-refractivity contribution in [3.63, 3.8) is 0 Å². The van der Waals surface area contributed by atoms with Crippen LogP contribution in [0.2, 0.25) is 5.04 Å². The topological polar surface area (TPSA) is 29.5 Å². The van der Waals surface area contributed by atoms with E-state index in [1.165, 1.54) is 0 Å². The quantitative estimate of drug-likeness (QED) is 0.820. The molecule has 0 atom stereocenters. The second kappa shape index (κ2) is 4.59. The van der Waals surface area contributed by atoms with Crippen molar-refractivity contribution < 1.29 is 9.53 Å². The highest BCUT2D eigenvalue weighted by Gasteiger charge is 2.24. The maximum Gasteiger partial charge on any atom is 0.168 e. The maximum atomic E-state index is 9.46. The minimum atomic E-state index is -0.592. The Morgan fingerprint density at radius 2 is 1.75 bits per heavy atom. The summed E-state index contributed by atoms with van der Waals surface area (Å²) in [5.74, 6) is 0.298. The third kappa shape index (κ3) is 3.98. The van der Waals surface area contributed by atoms with Crippen LogP contribution >= 0.6 is 0 Å². The summed E-state index contributed by atoms with van der Waals surface area (Å²) < 4.78 is 6.06. The molecule has 0 aliphatic carbocycles. The summed E-state index contributed by atoms with van der Waals surface area (Å²) in [6.07, 6.45) is 0. The van der Waals surface area contributed by atoms with Crippen LogP contribution in [-0.4, -0.2) is 14.9 Å². The Bertz CT molecular complexity index is 353. The lowest BCUT2D eigenvalue weighted by Crippen LogP contribution is -2.27. The standard InChI is InChI=1S/C13H22O2Si/c1-12(2,3)16-15-13(4,5)10-7-6-8-11(14)9-10/h6-9,14H,16H2,1-5H3. The largest absolute Gasteiger partial charge is 0.508 e. The van der Waals surface area contributed by atoms with Crippen molar-refractivity contribution in [1.82, 2.24) is 0 Å². The second-order valence-electron chi connectivity index (χ2n) is 5.91. The van der Waals surface area contributed by atoms with Crippen LogP contribution in [0.1, 0.15) is 40.2 Å². The van der Waals surface area contributed by atoms with Crippen molar-refractivity contribution >= 4 is 9.76 Å². The minimum Gasteiger partial charge on any atom is -0.508 e. The molecule has 1 N–H and O–H groups in total. The molecule has 2 nitrogen and oxygen atoms in total. The summed E-state index contributed by atoms with van der Waals surface area (Å²) in [6, 6.07) is 7.31. The van der Waals surface area contributed by atoms with Gasteiger partial charge in [-0.15, -0.1) is 0 Å². The van der Waals surface area contributed by atoms with Crippen LogP contribution in [0.5, 0.6) is 5.75 Å². The Morgan fingerprint density at radius 1 is 1.12 bits per heavy atom. The first-order valence-corrected chi connectivity index (χ1v) is 6.93. The molecule has 1 aromatic rings. The van der Waals surface area contributed by atoms with E-state index in [4.69, 9.17) is 4.43 Å². The normalized spacial score (nSPS) is 13.6. The average molecular weight is 238 g/mol. The van der Waals surface area contributed by atoms with Gasteiger partial charge >= 0.3 is 0 Å². The van der Waals surface area contributed by atoms with Gasteiger partial charge in [0.05, 0.1) is 5.60 Å². The van der Waals surface area contributed by atoms with Crippen molar-refractivity contribution in [2.75, 3.05) is 0 Å². The fraction of sp³-hybridized carbons (Fsp3) is 0.538. The zero-order chi connectivity index (χ0) is 12.4. The van der Waals surface area contributed by atoms with E-state index < -0.39 is 9.76 Å². The summed E-state index contributed by atoms with van der Waals surface area (Å²) in [7, 11) is -0.592. The van der Waals surface area contributed by atoms with Gasteiger partial charge in [0.15, 0.2) is 9.76 Å². The van der Waals surface area contributed by atoms with E-state index in [1.54, 1.807) is 12.1 Å². The van der Waals surface area contributed by atoms with Gasteiger partial charge < -0.3 is 9.53 Å². The number of phenolic OH excluding ortho intramolecular Hbond substituents is 1. The monoisotopic (exact) mass is 238 g/mol. The molecular formula is C13H22O2Si. The van der Waals surface area contributed by atoms with Crippen molar-refractivity contribution in [3.8, 4) is 5.75 Å². The summed E-state index contributed by atoms with van der Waals surface area (Å²) in [6.45, 7) is 10.7. The molecule has 90 valence electrons. The molecular weight excluding hydrogens is 216 g/mol. The predicted molar refractivity (Wildman–Crippen MR) is 70.5 cm³/mol. The summed E-state index contributed by atoms with van der Waals surface area (Å²) >= 11 is 0. The molecule has 0 amide bonds. The average Bonchev–Trinajstić information content (AvgIpc) is 2.14. The Morgan fingerprint density at radius 3 is 2.25 bits per heavy atom. The third-order valence-corrected chi connectivity index (χ3v) is 4.14. The highest BCUT2D eigenvalue weighted by atomic mass is 28.2. The molecule has 0 aliphatic heterocycles. The molecule has 16 heavy (non-hydrogen) atoms. The first-order valence-electron chi connectivity index (χ1n) is 5.64. The zero-order valence-corrected chi connectivity index (χ0v) is 12.3. The molecule has 0 spiro atoms. The lowest BCUT2D eigenvalue weighted by molar-refractivity contribution is 0.109. The Labute approximate surface area is 101 Å². The highest BCUT2D eigenvalue weighted by molar-refractivity contribution is 6.31. The fourth-order valence-corrected chi connectivity index (χ4v) is 2.32. The molecule has 3 heteroatoms. The molecule has 0 saturated heterocycles. The lowest BCUT2D eigenvalue weighted by Gasteiger charge is -2.30. The zero-order valence-electron chi connectivity index (χ0n) is 10.9. The minimum absolute atomic E-state index is 0.286. The molecule has 0 aromatic heterocycles. The predicted octanol–water partition coefficient (Wildman–Crippen LogP) is 2.95. The molecule has 0 fully saturated rings. The van der Waals surface area contributed by atoms with Gasteiger partial charge in [0.1, 0.15) is 5.75 Å². The van der Waals surface area contributed by atoms with Crippen LogP contribution in [-0.2, 0) is 10.0 Å². The first kappa shape index (κ1) is 13.3. The molecule has 0 bridgehead atoms. The SMILES string of the molecule is CC(C)(C)[SiH2]OC(C)(C)c1cccc(O)c1. The second-order valence-corrected chi connectivity index (χ2v) is 8.61. The lowest BCUT2D eigenvalue weighted by atomic mass is 9.98. The van der Waals surface area contributed by atoms with E-state index in [9.17, 15) is 5.11 Å². The van der Waals surface area contributed by atoms with Gasteiger partial charge in [0.25, 0.3) is 0 Å². The van der Waals surface area contributed by atoms with Gasteiger partial charge in [-0.25, -0.2) is 0 Å². The van der Waals surface area contributed by atoms with E-state index in [2.05, 4.69) is 34.6 Å². The van der Waals surface area contributed by atoms with Gasteiger partial charge in [-0.1, -0.05) is 32.9 Å². The fourth-order valence-electron chi connectivity index (χ4n) is 1.36. The number of aromatic hydroxyl groups is 1. The van der Waals surface area contributed by atoms with Gasteiger partial charge in [-0.05, 0) is 36.6 Å². The van der Waals surface area contributed by atoms with E-state index in [0.29, 0.717) is 5.75 Å². The van der Waals surface area contributed by atoms with Crippen molar-refractivity contribution in [2.45, 2.75) is 45.3 Å². The number of hydrogen-bond donors (Lipinski definition) is 1. The van der Waals surface area contributed by atoms with Crippen LogP contribution in [0, 0.1) is 0 Å². The molecule has 0 aliphatic rings. The van der Waals surface area contributed by atoms with E-state index >= 15 is 0 Å². The molecule has 1 aromatic carbocycles. The van der Waals surface area contributed by atoms with Gasteiger partial charge in [0.2, 0.25) is 0 Å². The summed E-state index contributed by atoms with van der Waals surface area (Å²) in [5.41, 5.74) is 0.724. The van der Waals surface area contributed by atoms with Crippen LogP contribution < -0.4 is 0 Å². The smallest absolute Gasteiger partial charge is 0.168 e. The Hall–Kier alpha value is -0.803. The van der Waals surface area contributed by atoms with Crippen molar-refractivity contribution in [3.05, 3.63) is 29.8 Å². The van der Waals surface area contributed by atoms with Crippen molar-refractivity contribution in [1.29, 1.82) is 0 Å².